The molecule has 0 spiro atoms. The average Bonchev–Trinajstić information content (AvgIpc) is 2.51. The van der Waals surface area contributed by atoms with Crippen molar-refractivity contribution in [3.63, 3.8) is 0 Å². The number of rotatable bonds is 9. The van der Waals surface area contributed by atoms with Gasteiger partial charge in [0.1, 0.15) is 12.1 Å². The van der Waals surface area contributed by atoms with Gasteiger partial charge in [-0.2, -0.15) is 0 Å². The summed E-state index contributed by atoms with van der Waals surface area (Å²) < 4.78 is 0. The van der Waals surface area contributed by atoms with Crippen molar-refractivity contribution in [2.75, 3.05) is 6.54 Å². The van der Waals surface area contributed by atoms with Crippen LogP contribution in [0.5, 0.6) is 0 Å². The number of hydrogen-bond donors (Lipinski definition) is 4. The quantitative estimate of drug-likeness (QED) is 0.513. The third kappa shape index (κ3) is 6.89. The van der Waals surface area contributed by atoms with E-state index in [4.69, 9.17) is 23.2 Å². The minimum atomic E-state index is -1.26. The van der Waals surface area contributed by atoms with Gasteiger partial charge in [-0.05, 0) is 30.5 Å². The molecule has 0 aliphatic carbocycles. The highest BCUT2D eigenvalue weighted by Gasteiger charge is 2.27. The molecule has 2 atom stereocenters. The summed E-state index contributed by atoms with van der Waals surface area (Å²) in [6, 6.07) is 2.00. The predicted octanol–water partition coefficient (Wildman–Crippen LogP) is 2.27. The molecule has 0 radical (unpaired) electrons. The molecule has 0 bridgehead atoms. The minimum absolute atomic E-state index is 0.0637. The van der Waals surface area contributed by atoms with E-state index in [-0.39, 0.29) is 29.5 Å². The lowest BCUT2D eigenvalue weighted by Gasteiger charge is -2.22. The van der Waals surface area contributed by atoms with Crippen molar-refractivity contribution in [3.8, 4) is 0 Å². The van der Waals surface area contributed by atoms with Gasteiger partial charge in [-0.3, -0.25) is 19.7 Å². The molecule has 9 heteroatoms. The number of aliphatic carboxylic acids is 2. The summed E-state index contributed by atoms with van der Waals surface area (Å²) in [5.74, 6) is -2.88. The first-order valence-corrected chi connectivity index (χ1v) is 8.32. The number of carboxylic acids is 2. The molecule has 0 heterocycles. The van der Waals surface area contributed by atoms with Crippen LogP contribution in [0.3, 0.4) is 0 Å². The Morgan fingerprint density at radius 2 is 1.64 bits per heavy atom. The summed E-state index contributed by atoms with van der Waals surface area (Å²) in [5.41, 5.74) is 0.218. The Bertz CT molecular complexity index is 651. The number of carboxylic acid groups (broad SMARTS) is 2. The molecular formula is C16H20Cl2N2O5. The molecule has 0 saturated heterocycles. The topological polar surface area (TPSA) is 116 Å². The van der Waals surface area contributed by atoms with Crippen LogP contribution in [0.15, 0.2) is 18.2 Å². The van der Waals surface area contributed by atoms with Crippen LogP contribution in [0.2, 0.25) is 10.0 Å². The van der Waals surface area contributed by atoms with E-state index in [2.05, 4.69) is 10.6 Å². The molecule has 138 valence electrons. The largest absolute Gasteiger partial charge is 0.480 e. The maximum atomic E-state index is 12.1. The molecule has 1 aromatic carbocycles. The first-order chi connectivity index (χ1) is 11.6. The lowest BCUT2D eigenvalue weighted by Crippen LogP contribution is -2.52. The Hall–Kier alpha value is -1.83. The smallest absolute Gasteiger partial charge is 0.322 e. The van der Waals surface area contributed by atoms with Gasteiger partial charge < -0.3 is 15.5 Å². The van der Waals surface area contributed by atoms with E-state index in [0.717, 1.165) is 0 Å². The van der Waals surface area contributed by atoms with Crippen LogP contribution in [0.4, 0.5) is 0 Å². The zero-order chi connectivity index (χ0) is 19.1. The van der Waals surface area contributed by atoms with Crippen LogP contribution < -0.4 is 10.6 Å². The van der Waals surface area contributed by atoms with Crippen LogP contribution in [0.25, 0.3) is 0 Å². The molecule has 4 N–H and O–H groups in total. The first-order valence-electron chi connectivity index (χ1n) is 7.56. The summed E-state index contributed by atoms with van der Waals surface area (Å²) in [5, 5.41) is 23.9. The Morgan fingerprint density at radius 1 is 1.04 bits per heavy atom. The fraction of sp³-hybridized carbons (Fsp3) is 0.438. The molecule has 0 aromatic heterocycles. The number of benzene rings is 1. The molecule has 7 nitrogen and oxygen atoms in total. The maximum Gasteiger partial charge on any atom is 0.322 e. The van der Waals surface area contributed by atoms with E-state index in [1.807, 2.05) is 13.8 Å². The van der Waals surface area contributed by atoms with E-state index >= 15 is 0 Å². The van der Waals surface area contributed by atoms with Gasteiger partial charge in [0.2, 0.25) is 0 Å². The molecule has 1 amide bonds. The molecule has 0 saturated carbocycles. The van der Waals surface area contributed by atoms with E-state index in [9.17, 15) is 24.6 Å². The third-order valence-corrected chi connectivity index (χ3v) is 4.09. The summed E-state index contributed by atoms with van der Waals surface area (Å²) in [4.78, 5) is 34.7. The highest BCUT2D eigenvalue weighted by Crippen LogP contribution is 2.22. The van der Waals surface area contributed by atoms with Gasteiger partial charge in [-0.25, -0.2) is 0 Å². The van der Waals surface area contributed by atoms with Gasteiger partial charge in [0, 0.05) is 12.1 Å². The lowest BCUT2D eigenvalue weighted by molar-refractivity contribution is -0.142. The van der Waals surface area contributed by atoms with Crippen molar-refractivity contribution in [1.82, 2.24) is 10.6 Å². The Morgan fingerprint density at radius 3 is 2.12 bits per heavy atom. The van der Waals surface area contributed by atoms with E-state index < -0.39 is 29.9 Å². The highest BCUT2D eigenvalue weighted by molar-refractivity contribution is 6.42. The molecule has 0 aliphatic rings. The van der Waals surface area contributed by atoms with Crippen LogP contribution in [0, 0.1) is 5.92 Å². The average molecular weight is 391 g/mol. The standard InChI is InChI=1S/C16H20Cl2N2O5/c1-8(2)5-12(15(22)23)20-13(16(24)25)7-19-14(21)9-3-4-10(17)11(18)6-9/h3-4,6,8,12-13,20H,5,7H2,1-2H3,(H,19,21)(H,22,23)(H,24,25)/t12-,13-/m0/s1. The number of hydrogen-bond acceptors (Lipinski definition) is 4. The summed E-state index contributed by atoms with van der Waals surface area (Å²) in [6.45, 7) is 3.38. The number of halogens is 2. The van der Waals surface area contributed by atoms with E-state index in [1.54, 1.807) is 0 Å². The van der Waals surface area contributed by atoms with Gasteiger partial charge in [-0.15, -0.1) is 0 Å². The summed E-state index contributed by atoms with van der Waals surface area (Å²) in [7, 11) is 0. The first kappa shape index (κ1) is 21.2. The lowest BCUT2D eigenvalue weighted by atomic mass is 10.0. The second-order valence-electron chi connectivity index (χ2n) is 5.92. The van der Waals surface area contributed by atoms with Gasteiger partial charge in [0.05, 0.1) is 10.0 Å². The highest BCUT2D eigenvalue weighted by atomic mass is 35.5. The summed E-state index contributed by atoms with van der Waals surface area (Å²) >= 11 is 11.6. The maximum absolute atomic E-state index is 12.1. The number of nitrogens with one attached hydrogen (secondary N) is 2. The fourth-order valence-corrected chi connectivity index (χ4v) is 2.40. The van der Waals surface area contributed by atoms with Gasteiger partial charge >= 0.3 is 11.9 Å². The Labute approximate surface area is 155 Å². The van der Waals surface area contributed by atoms with Gasteiger partial charge in [0.15, 0.2) is 0 Å². The Balaban J connectivity index is 2.74. The number of amides is 1. The molecule has 0 aliphatic heterocycles. The number of carbonyl (C=O) groups is 3. The van der Waals surface area contributed by atoms with Crippen molar-refractivity contribution in [3.05, 3.63) is 33.8 Å². The Kier molecular flexibility index (Phi) is 8.15. The minimum Gasteiger partial charge on any atom is -0.480 e. The molecule has 0 unspecified atom stereocenters. The molecule has 25 heavy (non-hydrogen) atoms. The van der Waals surface area contributed by atoms with Crippen molar-refractivity contribution < 1.29 is 24.6 Å². The molecule has 1 rings (SSSR count). The predicted molar refractivity (Wildman–Crippen MR) is 94.2 cm³/mol. The second-order valence-corrected chi connectivity index (χ2v) is 6.73. The van der Waals surface area contributed by atoms with Crippen LogP contribution in [-0.2, 0) is 9.59 Å². The van der Waals surface area contributed by atoms with E-state index in [0.29, 0.717) is 5.02 Å². The molecule has 0 fully saturated rings. The SMILES string of the molecule is CC(C)C[C@H](N[C@@H](CNC(=O)c1ccc(Cl)c(Cl)c1)C(=O)O)C(=O)O. The monoisotopic (exact) mass is 390 g/mol. The third-order valence-electron chi connectivity index (χ3n) is 3.35. The van der Waals surface area contributed by atoms with Gasteiger partial charge in [0.25, 0.3) is 5.91 Å². The van der Waals surface area contributed by atoms with Crippen LogP contribution in [-0.4, -0.2) is 46.7 Å². The van der Waals surface area contributed by atoms with Crippen molar-refractivity contribution in [1.29, 1.82) is 0 Å². The molecular weight excluding hydrogens is 371 g/mol. The van der Waals surface area contributed by atoms with Crippen molar-refractivity contribution in [2.24, 2.45) is 5.92 Å². The number of carbonyl (C=O) groups excluding carboxylic acids is 1. The second kappa shape index (κ2) is 9.60. The van der Waals surface area contributed by atoms with E-state index in [1.165, 1.54) is 18.2 Å². The zero-order valence-corrected chi connectivity index (χ0v) is 15.3. The fourth-order valence-electron chi connectivity index (χ4n) is 2.11. The summed E-state index contributed by atoms with van der Waals surface area (Å²) in [6.07, 6.45) is 0.264. The zero-order valence-electron chi connectivity index (χ0n) is 13.8. The van der Waals surface area contributed by atoms with Crippen molar-refractivity contribution in [2.45, 2.75) is 32.4 Å². The van der Waals surface area contributed by atoms with Crippen LogP contribution >= 0.6 is 23.2 Å². The normalized spacial score (nSPS) is 13.3. The molecule has 1 aromatic rings. The van der Waals surface area contributed by atoms with Crippen molar-refractivity contribution >= 4 is 41.0 Å². The van der Waals surface area contributed by atoms with Crippen LogP contribution in [0.1, 0.15) is 30.6 Å². The van der Waals surface area contributed by atoms with Gasteiger partial charge in [-0.1, -0.05) is 37.0 Å².